The summed E-state index contributed by atoms with van der Waals surface area (Å²) in [4.78, 5) is 48.2. The van der Waals surface area contributed by atoms with Crippen molar-refractivity contribution in [3.05, 3.63) is 82.3 Å². The van der Waals surface area contributed by atoms with Gasteiger partial charge in [0.1, 0.15) is 12.1 Å². The maximum atomic E-state index is 13.2. The van der Waals surface area contributed by atoms with Crippen molar-refractivity contribution in [3.63, 3.8) is 0 Å². The Labute approximate surface area is 190 Å². The maximum absolute atomic E-state index is 13.2. The first-order valence-electron chi connectivity index (χ1n) is 10.8. The molecule has 2 aliphatic rings. The molecule has 4 heterocycles. The molecule has 2 amide bonds. The number of anilines is 1. The molecule has 1 aromatic carbocycles. The molecule has 2 aromatic heterocycles. The van der Waals surface area contributed by atoms with Crippen LogP contribution in [0.5, 0.6) is 5.75 Å². The van der Waals surface area contributed by atoms with Crippen molar-refractivity contribution in [2.24, 2.45) is 5.92 Å². The first kappa shape index (κ1) is 20.9. The van der Waals surface area contributed by atoms with Crippen molar-refractivity contribution in [1.29, 1.82) is 0 Å². The van der Waals surface area contributed by atoms with Gasteiger partial charge in [0.25, 0.3) is 17.4 Å². The van der Waals surface area contributed by atoms with Crippen LogP contribution < -0.4 is 15.6 Å². The number of rotatable bonds is 4. The lowest BCUT2D eigenvalue weighted by molar-refractivity contribution is 0.0595. The SMILES string of the molecule is COc1ccc(C(=O)N2C[C@H]3C[C@H](C2)c2c(NC(=O)c4cncnc4)ccc(=O)n2C3)cc1. The summed E-state index contributed by atoms with van der Waals surface area (Å²) in [6.45, 7) is 1.57. The molecule has 2 atom stereocenters. The van der Waals surface area contributed by atoms with E-state index in [9.17, 15) is 14.4 Å². The average Bonchev–Trinajstić information content (AvgIpc) is 2.85. The van der Waals surface area contributed by atoms with E-state index in [2.05, 4.69) is 15.3 Å². The summed E-state index contributed by atoms with van der Waals surface area (Å²) in [5.74, 6) is 0.410. The predicted octanol–water partition coefficient (Wildman–Crippen LogP) is 2.16. The van der Waals surface area contributed by atoms with Gasteiger partial charge in [0.15, 0.2) is 0 Å². The third kappa shape index (κ3) is 3.97. The minimum atomic E-state index is -0.346. The summed E-state index contributed by atoms with van der Waals surface area (Å²) in [6.07, 6.45) is 5.09. The molecule has 0 aliphatic carbocycles. The van der Waals surface area contributed by atoms with Crippen molar-refractivity contribution in [3.8, 4) is 5.75 Å². The average molecular weight is 445 g/mol. The standard InChI is InChI=1S/C24H23N5O4/c1-33-19-4-2-16(3-5-19)24(32)28-11-15-8-17(13-28)22-20(6-7-21(30)29(22)12-15)27-23(31)18-9-25-14-26-10-18/h2-7,9-10,14-15,17H,8,11-13H2,1H3,(H,27,31)/t15-,17-/m1/s1. The highest BCUT2D eigenvalue weighted by atomic mass is 16.5. The fraction of sp³-hybridized carbons (Fsp3) is 0.292. The molecule has 0 radical (unpaired) electrons. The minimum Gasteiger partial charge on any atom is -0.497 e. The van der Waals surface area contributed by atoms with Crippen molar-refractivity contribution in [1.82, 2.24) is 19.4 Å². The van der Waals surface area contributed by atoms with E-state index in [-0.39, 0.29) is 29.2 Å². The van der Waals surface area contributed by atoms with E-state index in [4.69, 9.17) is 4.74 Å². The summed E-state index contributed by atoms with van der Waals surface area (Å²) in [6, 6.07) is 10.2. The van der Waals surface area contributed by atoms with E-state index in [1.54, 1.807) is 42.0 Å². The molecule has 168 valence electrons. The number of nitrogens with zero attached hydrogens (tertiary/aromatic N) is 4. The molecular formula is C24H23N5O4. The number of pyridine rings is 1. The molecule has 0 unspecified atom stereocenters. The minimum absolute atomic E-state index is 0.0499. The Hall–Kier alpha value is -4.01. The number of carbonyl (C=O) groups is 2. The zero-order chi connectivity index (χ0) is 22.9. The molecule has 1 saturated heterocycles. The summed E-state index contributed by atoms with van der Waals surface area (Å²) in [5, 5.41) is 2.91. The van der Waals surface area contributed by atoms with Crippen LogP contribution in [0.3, 0.4) is 0 Å². The Balaban J connectivity index is 1.43. The molecule has 9 heteroatoms. The number of hydrogen-bond acceptors (Lipinski definition) is 6. The second-order valence-electron chi connectivity index (χ2n) is 8.40. The second-order valence-corrected chi connectivity index (χ2v) is 8.40. The first-order valence-corrected chi connectivity index (χ1v) is 10.8. The lowest BCUT2D eigenvalue weighted by Crippen LogP contribution is -2.49. The number of ether oxygens (including phenoxy) is 1. The van der Waals surface area contributed by atoms with Crippen LogP contribution in [0, 0.1) is 5.92 Å². The molecule has 0 saturated carbocycles. The van der Waals surface area contributed by atoms with Crippen LogP contribution in [0.1, 0.15) is 38.7 Å². The van der Waals surface area contributed by atoms with Crippen molar-refractivity contribution < 1.29 is 14.3 Å². The number of piperidine rings is 1. The molecule has 3 aromatic rings. The van der Waals surface area contributed by atoms with E-state index in [1.165, 1.54) is 24.8 Å². The predicted molar refractivity (Wildman–Crippen MR) is 120 cm³/mol. The third-order valence-corrected chi connectivity index (χ3v) is 6.29. The third-order valence-electron chi connectivity index (χ3n) is 6.29. The molecule has 0 spiro atoms. The van der Waals surface area contributed by atoms with Crippen molar-refractivity contribution in [2.45, 2.75) is 18.9 Å². The Kier molecular flexibility index (Phi) is 5.37. The van der Waals surface area contributed by atoms with Crippen LogP contribution in [0.15, 0.2) is 59.9 Å². The molecule has 2 bridgehead atoms. The number of benzene rings is 1. The van der Waals surface area contributed by atoms with E-state index >= 15 is 0 Å². The Morgan fingerprint density at radius 2 is 1.76 bits per heavy atom. The molecule has 2 aliphatic heterocycles. The Morgan fingerprint density at radius 1 is 1.00 bits per heavy atom. The van der Waals surface area contributed by atoms with E-state index in [1.807, 2.05) is 4.90 Å². The fourth-order valence-corrected chi connectivity index (χ4v) is 4.81. The van der Waals surface area contributed by atoms with Gasteiger partial charge in [-0.25, -0.2) is 9.97 Å². The molecule has 1 fully saturated rings. The number of amides is 2. The quantitative estimate of drug-likeness (QED) is 0.660. The van der Waals surface area contributed by atoms with E-state index in [0.29, 0.717) is 42.2 Å². The van der Waals surface area contributed by atoms with Gasteiger partial charge < -0.3 is 19.5 Å². The Bertz CT molecular complexity index is 1260. The largest absolute Gasteiger partial charge is 0.497 e. The van der Waals surface area contributed by atoms with Gasteiger partial charge in [0, 0.05) is 55.3 Å². The van der Waals surface area contributed by atoms with Crippen molar-refractivity contribution >= 4 is 17.5 Å². The lowest BCUT2D eigenvalue weighted by Gasteiger charge is -2.43. The first-order chi connectivity index (χ1) is 16.0. The van der Waals surface area contributed by atoms with Crippen LogP contribution in [-0.2, 0) is 6.54 Å². The van der Waals surface area contributed by atoms with E-state index in [0.717, 1.165) is 12.1 Å². The van der Waals surface area contributed by atoms with Crippen LogP contribution in [-0.4, -0.2) is 51.4 Å². The van der Waals surface area contributed by atoms with Crippen LogP contribution in [0.4, 0.5) is 5.69 Å². The number of aromatic nitrogens is 3. The van der Waals surface area contributed by atoms with Crippen LogP contribution in [0.25, 0.3) is 0 Å². The number of methoxy groups -OCH3 is 1. The van der Waals surface area contributed by atoms with Crippen LogP contribution in [0.2, 0.25) is 0 Å². The van der Waals surface area contributed by atoms with Gasteiger partial charge in [-0.2, -0.15) is 0 Å². The number of likely N-dealkylation sites (tertiary alicyclic amines) is 1. The number of carbonyl (C=O) groups excluding carboxylic acids is 2. The Morgan fingerprint density at radius 3 is 2.48 bits per heavy atom. The summed E-state index contributed by atoms with van der Waals surface area (Å²) >= 11 is 0. The summed E-state index contributed by atoms with van der Waals surface area (Å²) in [5.41, 5.74) is 2.16. The van der Waals surface area contributed by atoms with Crippen LogP contribution >= 0.6 is 0 Å². The van der Waals surface area contributed by atoms with Gasteiger partial charge in [-0.15, -0.1) is 0 Å². The molecule has 9 nitrogen and oxygen atoms in total. The van der Waals surface area contributed by atoms with Crippen molar-refractivity contribution in [2.75, 3.05) is 25.5 Å². The van der Waals surface area contributed by atoms with Gasteiger partial charge in [-0.05, 0) is 42.7 Å². The highest BCUT2D eigenvalue weighted by molar-refractivity contribution is 6.04. The smallest absolute Gasteiger partial charge is 0.258 e. The normalized spacial score (nSPS) is 18.9. The monoisotopic (exact) mass is 445 g/mol. The maximum Gasteiger partial charge on any atom is 0.258 e. The highest BCUT2D eigenvalue weighted by Crippen LogP contribution is 2.39. The van der Waals surface area contributed by atoms with Gasteiger partial charge in [0.2, 0.25) is 0 Å². The second kappa shape index (κ2) is 8.50. The highest BCUT2D eigenvalue weighted by Gasteiger charge is 2.38. The molecule has 33 heavy (non-hydrogen) atoms. The summed E-state index contributed by atoms with van der Waals surface area (Å²) < 4.78 is 6.92. The van der Waals surface area contributed by atoms with Gasteiger partial charge in [-0.3, -0.25) is 14.4 Å². The fourth-order valence-electron chi connectivity index (χ4n) is 4.81. The zero-order valence-electron chi connectivity index (χ0n) is 18.1. The van der Waals surface area contributed by atoms with Gasteiger partial charge in [0.05, 0.1) is 18.4 Å². The summed E-state index contributed by atoms with van der Waals surface area (Å²) in [7, 11) is 1.59. The zero-order valence-corrected chi connectivity index (χ0v) is 18.1. The molecule has 5 rings (SSSR count). The number of nitrogens with one attached hydrogen (secondary N) is 1. The van der Waals surface area contributed by atoms with Gasteiger partial charge >= 0.3 is 0 Å². The number of hydrogen-bond donors (Lipinski definition) is 1. The van der Waals surface area contributed by atoms with Gasteiger partial charge in [-0.1, -0.05) is 0 Å². The molecule has 1 N–H and O–H groups in total. The lowest BCUT2D eigenvalue weighted by atomic mass is 9.82. The molecular weight excluding hydrogens is 422 g/mol. The topological polar surface area (TPSA) is 106 Å². The van der Waals surface area contributed by atoms with E-state index < -0.39 is 0 Å². The number of fused-ring (bicyclic) bond motifs is 4.